The summed E-state index contributed by atoms with van der Waals surface area (Å²) in [6.07, 6.45) is 1.75. The molecule has 1 aliphatic heterocycles. The molecule has 1 saturated heterocycles. The zero-order chi connectivity index (χ0) is 13.7. The summed E-state index contributed by atoms with van der Waals surface area (Å²) in [5.74, 6) is 0.221. The molecular weight excluding hydrogens is 264 g/mol. The third-order valence-corrected chi connectivity index (χ3v) is 4.21. The Labute approximate surface area is 116 Å². The van der Waals surface area contributed by atoms with Crippen molar-refractivity contribution in [3.05, 3.63) is 16.1 Å². The predicted octanol–water partition coefficient (Wildman–Crippen LogP) is 1.20. The Bertz CT molecular complexity index is 448. The highest BCUT2D eigenvalue weighted by molar-refractivity contribution is 7.09. The fraction of sp³-hybridized carbons (Fsp3) is 0.615. The van der Waals surface area contributed by atoms with Crippen LogP contribution in [0.4, 0.5) is 0 Å². The van der Waals surface area contributed by atoms with E-state index in [-0.39, 0.29) is 18.3 Å². The van der Waals surface area contributed by atoms with Crippen molar-refractivity contribution >= 4 is 23.0 Å². The lowest BCUT2D eigenvalue weighted by atomic mass is 10.1. The maximum Gasteiger partial charge on any atom is 0.248 e. The van der Waals surface area contributed by atoms with Crippen molar-refractivity contribution in [3.63, 3.8) is 0 Å². The second-order valence-electron chi connectivity index (χ2n) is 4.58. The summed E-state index contributed by atoms with van der Waals surface area (Å²) >= 11 is 1.61. The van der Waals surface area contributed by atoms with Crippen LogP contribution < -0.4 is 0 Å². The van der Waals surface area contributed by atoms with Crippen molar-refractivity contribution in [2.24, 2.45) is 0 Å². The molecule has 0 bridgehead atoms. The largest absolute Gasteiger partial charge is 0.371 e. The summed E-state index contributed by atoms with van der Waals surface area (Å²) in [4.78, 5) is 30.0. The number of Topliss-reactive ketones (excluding diaryl/α,β-unsaturated/α-hetero) is 1. The van der Waals surface area contributed by atoms with Gasteiger partial charge >= 0.3 is 0 Å². The molecule has 1 fully saturated rings. The lowest BCUT2D eigenvalue weighted by Crippen LogP contribution is -2.40. The number of ether oxygens (including phenoxy) is 1. The molecule has 1 aromatic heterocycles. The molecule has 2 heterocycles. The summed E-state index contributed by atoms with van der Waals surface area (Å²) in [5, 5.41) is 0. The molecule has 0 saturated carbocycles. The van der Waals surface area contributed by atoms with Gasteiger partial charge in [0.2, 0.25) is 5.91 Å². The number of ketones is 1. The molecule has 0 aromatic carbocycles. The van der Waals surface area contributed by atoms with Crippen molar-refractivity contribution in [1.82, 2.24) is 9.88 Å². The summed E-state index contributed by atoms with van der Waals surface area (Å²) in [6.45, 7) is 3.68. The van der Waals surface area contributed by atoms with Crippen LogP contribution in [0.25, 0.3) is 0 Å². The normalized spacial score (nSPS) is 15.8. The van der Waals surface area contributed by atoms with Gasteiger partial charge in [-0.2, -0.15) is 0 Å². The summed E-state index contributed by atoms with van der Waals surface area (Å²) in [7, 11) is 0. The molecular formula is C13H18N2O3S. The highest BCUT2D eigenvalue weighted by Gasteiger charge is 2.20. The van der Waals surface area contributed by atoms with E-state index in [1.54, 1.807) is 16.2 Å². The molecule has 19 heavy (non-hydrogen) atoms. The molecule has 0 N–H and O–H groups in total. The van der Waals surface area contributed by atoms with E-state index in [1.165, 1.54) is 4.88 Å². The Morgan fingerprint density at radius 1 is 1.47 bits per heavy atom. The second-order valence-corrected chi connectivity index (χ2v) is 5.52. The Balaban J connectivity index is 1.64. The van der Waals surface area contributed by atoms with Crippen LogP contribution in [0.3, 0.4) is 0 Å². The van der Waals surface area contributed by atoms with Crippen molar-refractivity contribution in [2.75, 3.05) is 26.3 Å². The molecule has 5 nitrogen and oxygen atoms in total. The number of hydrogen-bond donors (Lipinski definition) is 0. The fourth-order valence-electron chi connectivity index (χ4n) is 1.99. The zero-order valence-corrected chi connectivity index (χ0v) is 11.9. The van der Waals surface area contributed by atoms with Crippen molar-refractivity contribution in [2.45, 2.75) is 26.2 Å². The van der Waals surface area contributed by atoms with Crippen LogP contribution in [0.15, 0.2) is 5.51 Å². The molecule has 2 rings (SSSR count). The van der Waals surface area contributed by atoms with E-state index in [9.17, 15) is 9.59 Å². The quantitative estimate of drug-likeness (QED) is 0.762. The van der Waals surface area contributed by atoms with Crippen molar-refractivity contribution in [3.8, 4) is 0 Å². The first-order chi connectivity index (χ1) is 9.16. The minimum Gasteiger partial charge on any atom is -0.371 e. The number of rotatable bonds is 5. The highest BCUT2D eigenvalue weighted by atomic mass is 32.1. The fourth-order valence-corrected chi connectivity index (χ4v) is 2.75. The van der Waals surface area contributed by atoms with Crippen LogP contribution >= 0.6 is 11.3 Å². The number of thiazole rings is 1. The number of piperidine rings is 1. The van der Waals surface area contributed by atoms with Crippen LogP contribution in [0.2, 0.25) is 0 Å². The van der Waals surface area contributed by atoms with Gasteiger partial charge in [0, 0.05) is 37.2 Å². The predicted molar refractivity (Wildman–Crippen MR) is 72.2 cm³/mol. The Morgan fingerprint density at radius 2 is 2.21 bits per heavy atom. The first kappa shape index (κ1) is 14.1. The van der Waals surface area contributed by atoms with Gasteiger partial charge in [0.15, 0.2) is 0 Å². The van der Waals surface area contributed by atoms with E-state index < -0.39 is 0 Å². The van der Waals surface area contributed by atoms with Gasteiger partial charge in [-0.05, 0) is 6.92 Å². The van der Waals surface area contributed by atoms with Crippen LogP contribution in [0.5, 0.6) is 0 Å². The number of aromatic nitrogens is 1. The van der Waals surface area contributed by atoms with Gasteiger partial charge in [-0.15, -0.1) is 11.3 Å². The van der Waals surface area contributed by atoms with E-state index in [2.05, 4.69) is 4.98 Å². The summed E-state index contributed by atoms with van der Waals surface area (Å²) < 4.78 is 5.41. The topological polar surface area (TPSA) is 59.5 Å². The molecule has 104 valence electrons. The van der Waals surface area contributed by atoms with Gasteiger partial charge in [0.05, 0.1) is 17.8 Å². The molecule has 0 atom stereocenters. The number of likely N-dealkylation sites (tertiary alicyclic amines) is 1. The van der Waals surface area contributed by atoms with Gasteiger partial charge in [0.25, 0.3) is 0 Å². The van der Waals surface area contributed by atoms with Gasteiger partial charge in [0.1, 0.15) is 12.4 Å². The highest BCUT2D eigenvalue weighted by Crippen LogP contribution is 2.12. The van der Waals surface area contributed by atoms with Crippen molar-refractivity contribution < 1.29 is 14.3 Å². The number of aryl methyl sites for hydroxylation is 1. The Kier molecular flexibility index (Phi) is 5.04. The first-order valence-electron chi connectivity index (χ1n) is 6.43. The number of amides is 1. The summed E-state index contributed by atoms with van der Waals surface area (Å²) in [6, 6.07) is 0. The SMILES string of the molecule is Cc1ncsc1CCOCC(=O)N1CCC(=O)CC1. The number of carbonyl (C=O) groups excluding carboxylic acids is 2. The Morgan fingerprint density at radius 3 is 2.84 bits per heavy atom. The van der Waals surface area contributed by atoms with E-state index in [4.69, 9.17) is 4.74 Å². The standard InChI is InChI=1S/C13H18N2O3S/c1-10-12(19-9-14-10)4-7-18-8-13(17)15-5-2-11(16)3-6-15/h9H,2-8H2,1H3. The number of hydrogen-bond acceptors (Lipinski definition) is 5. The van der Waals surface area contributed by atoms with Crippen LogP contribution in [-0.4, -0.2) is 47.9 Å². The molecule has 0 spiro atoms. The molecule has 0 aliphatic carbocycles. The van der Waals surface area contributed by atoms with E-state index in [1.807, 2.05) is 12.4 Å². The molecule has 1 aromatic rings. The monoisotopic (exact) mass is 282 g/mol. The van der Waals surface area contributed by atoms with Crippen molar-refractivity contribution in [1.29, 1.82) is 0 Å². The second kappa shape index (κ2) is 6.77. The summed E-state index contributed by atoms with van der Waals surface area (Å²) in [5.41, 5.74) is 2.86. The van der Waals surface area contributed by atoms with Gasteiger partial charge in [-0.3, -0.25) is 9.59 Å². The maximum atomic E-state index is 11.8. The smallest absolute Gasteiger partial charge is 0.248 e. The van der Waals surface area contributed by atoms with Gasteiger partial charge in [-0.25, -0.2) is 4.98 Å². The lowest BCUT2D eigenvalue weighted by molar-refractivity contribution is -0.138. The van der Waals surface area contributed by atoms with E-state index in [0.717, 1.165) is 12.1 Å². The third-order valence-electron chi connectivity index (χ3n) is 3.22. The Hall–Kier alpha value is -1.27. The molecule has 0 radical (unpaired) electrons. The van der Waals surface area contributed by atoms with Gasteiger partial charge in [-0.1, -0.05) is 0 Å². The number of nitrogens with zero attached hydrogens (tertiary/aromatic N) is 2. The third kappa shape index (κ3) is 4.11. The minimum absolute atomic E-state index is 0.0199. The molecule has 0 unspecified atom stereocenters. The van der Waals surface area contributed by atoms with Crippen LogP contribution in [0, 0.1) is 6.92 Å². The maximum absolute atomic E-state index is 11.8. The van der Waals surface area contributed by atoms with E-state index >= 15 is 0 Å². The zero-order valence-electron chi connectivity index (χ0n) is 11.1. The molecule has 6 heteroatoms. The first-order valence-corrected chi connectivity index (χ1v) is 7.31. The molecule has 1 amide bonds. The minimum atomic E-state index is -0.0199. The molecule has 1 aliphatic rings. The van der Waals surface area contributed by atoms with Gasteiger partial charge < -0.3 is 9.64 Å². The average Bonchev–Trinajstić information content (AvgIpc) is 2.81. The average molecular weight is 282 g/mol. The van der Waals surface area contributed by atoms with E-state index in [0.29, 0.717) is 32.5 Å². The lowest BCUT2D eigenvalue weighted by Gasteiger charge is -2.25. The number of carbonyl (C=O) groups is 2. The van der Waals surface area contributed by atoms with Crippen LogP contribution in [-0.2, 0) is 20.7 Å². The van der Waals surface area contributed by atoms with Crippen LogP contribution in [0.1, 0.15) is 23.4 Å².